The highest BCUT2D eigenvalue weighted by Crippen LogP contribution is 2.65. The first-order valence-corrected chi connectivity index (χ1v) is 9.48. The van der Waals surface area contributed by atoms with E-state index in [0.29, 0.717) is 16.9 Å². The molecule has 0 aromatic rings. The zero-order valence-corrected chi connectivity index (χ0v) is 14.2. The van der Waals surface area contributed by atoms with E-state index < -0.39 is 0 Å². The van der Waals surface area contributed by atoms with Crippen molar-refractivity contribution in [2.45, 2.75) is 71.3 Å². The van der Waals surface area contributed by atoms with Crippen molar-refractivity contribution in [2.75, 3.05) is 6.54 Å². The molecule has 3 nitrogen and oxygen atoms in total. The van der Waals surface area contributed by atoms with Crippen molar-refractivity contribution in [3.05, 3.63) is 0 Å². The number of fused-ring (bicyclic) bond motifs is 5. The standard InChI is InChI=1S/C19H32N2O/c1-18-9-7-15-13(14(18)5-3-12(18)11-20)4-6-16-19(15,2)10-8-17(22)21-16/h12-16H,3-11,20H2,1-2H3,(H,21,22)/t12?,13-,14-,15-,16+,18+,19+/m0/s1. The van der Waals surface area contributed by atoms with Gasteiger partial charge in [0.05, 0.1) is 0 Å². The smallest absolute Gasteiger partial charge is 0.220 e. The van der Waals surface area contributed by atoms with Crippen molar-refractivity contribution in [2.24, 2.45) is 40.2 Å². The third-order valence-electron chi connectivity index (χ3n) is 8.58. The number of nitrogens with two attached hydrogens (primary N) is 1. The Balaban J connectivity index is 1.62. The highest BCUT2D eigenvalue weighted by molar-refractivity contribution is 5.77. The molecule has 1 aliphatic heterocycles. The van der Waals surface area contributed by atoms with E-state index in [9.17, 15) is 4.79 Å². The summed E-state index contributed by atoms with van der Waals surface area (Å²) < 4.78 is 0. The molecule has 7 atom stereocenters. The Hall–Kier alpha value is -0.570. The van der Waals surface area contributed by atoms with Gasteiger partial charge in [0.25, 0.3) is 0 Å². The van der Waals surface area contributed by atoms with Gasteiger partial charge in [-0.1, -0.05) is 13.8 Å². The van der Waals surface area contributed by atoms with Crippen LogP contribution in [-0.2, 0) is 4.79 Å². The van der Waals surface area contributed by atoms with Gasteiger partial charge in [0.2, 0.25) is 5.91 Å². The molecule has 3 heteroatoms. The van der Waals surface area contributed by atoms with Gasteiger partial charge in [0.15, 0.2) is 0 Å². The van der Waals surface area contributed by atoms with Crippen molar-refractivity contribution in [1.82, 2.24) is 5.32 Å². The minimum Gasteiger partial charge on any atom is -0.353 e. The normalized spacial score (nSPS) is 54.1. The number of carbonyl (C=O) groups excluding carboxylic acids is 1. The first-order valence-electron chi connectivity index (χ1n) is 9.48. The molecule has 0 spiro atoms. The molecule has 1 heterocycles. The molecule has 3 N–H and O–H groups in total. The summed E-state index contributed by atoms with van der Waals surface area (Å²) in [6.45, 7) is 5.89. The summed E-state index contributed by atoms with van der Waals surface area (Å²) in [6, 6.07) is 0.436. The van der Waals surface area contributed by atoms with E-state index in [1.165, 1.54) is 38.5 Å². The molecule has 4 aliphatic rings. The summed E-state index contributed by atoms with van der Waals surface area (Å²) in [5.41, 5.74) is 6.94. The molecule has 1 amide bonds. The highest BCUT2D eigenvalue weighted by atomic mass is 16.1. The summed E-state index contributed by atoms with van der Waals surface area (Å²) in [5, 5.41) is 3.32. The molecule has 1 unspecified atom stereocenters. The summed E-state index contributed by atoms with van der Waals surface area (Å²) in [6.07, 6.45) is 9.82. The molecule has 0 aromatic carbocycles. The number of nitrogens with one attached hydrogen (secondary N) is 1. The van der Waals surface area contributed by atoms with E-state index in [1.807, 2.05) is 0 Å². The monoisotopic (exact) mass is 304 g/mol. The fourth-order valence-electron chi connectivity index (χ4n) is 7.20. The molecule has 3 aliphatic carbocycles. The Kier molecular flexibility index (Phi) is 3.38. The van der Waals surface area contributed by atoms with E-state index in [4.69, 9.17) is 5.73 Å². The fourth-order valence-corrected chi connectivity index (χ4v) is 7.20. The lowest BCUT2D eigenvalue weighted by Crippen LogP contribution is -2.61. The first kappa shape index (κ1) is 15.0. The van der Waals surface area contributed by atoms with Gasteiger partial charge >= 0.3 is 0 Å². The number of hydrogen-bond acceptors (Lipinski definition) is 2. The Morgan fingerprint density at radius 1 is 1.05 bits per heavy atom. The van der Waals surface area contributed by atoms with Crippen molar-refractivity contribution in [1.29, 1.82) is 0 Å². The summed E-state index contributed by atoms with van der Waals surface area (Å²) in [5.74, 6) is 3.61. The summed E-state index contributed by atoms with van der Waals surface area (Å²) in [4.78, 5) is 11.8. The van der Waals surface area contributed by atoms with Crippen LogP contribution >= 0.6 is 0 Å². The summed E-state index contributed by atoms with van der Waals surface area (Å²) >= 11 is 0. The van der Waals surface area contributed by atoms with Crippen LogP contribution in [0.1, 0.15) is 65.2 Å². The molecule has 3 saturated carbocycles. The van der Waals surface area contributed by atoms with Gasteiger partial charge in [-0.05, 0) is 86.0 Å². The molecule has 0 aromatic heterocycles. The largest absolute Gasteiger partial charge is 0.353 e. The zero-order valence-electron chi connectivity index (χ0n) is 14.2. The highest BCUT2D eigenvalue weighted by Gasteiger charge is 2.59. The molecule has 124 valence electrons. The van der Waals surface area contributed by atoms with Crippen LogP contribution in [0.5, 0.6) is 0 Å². The lowest BCUT2D eigenvalue weighted by atomic mass is 9.47. The average Bonchev–Trinajstić information content (AvgIpc) is 2.84. The maximum atomic E-state index is 11.8. The van der Waals surface area contributed by atoms with E-state index in [0.717, 1.165) is 43.1 Å². The third kappa shape index (κ3) is 1.87. The van der Waals surface area contributed by atoms with E-state index in [-0.39, 0.29) is 5.91 Å². The average molecular weight is 304 g/mol. The summed E-state index contributed by atoms with van der Waals surface area (Å²) in [7, 11) is 0. The van der Waals surface area contributed by atoms with Crippen LogP contribution in [0, 0.1) is 34.5 Å². The van der Waals surface area contributed by atoms with Crippen molar-refractivity contribution in [3.63, 3.8) is 0 Å². The van der Waals surface area contributed by atoms with Crippen LogP contribution in [0.3, 0.4) is 0 Å². The Bertz CT molecular complexity index is 478. The molecule has 0 radical (unpaired) electrons. The van der Waals surface area contributed by atoms with Crippen LogP contribution in [-0.4, -0.2) is 18.5 Å². The van der Waals surface area contributed by atoms with Crippen molar-refractivity contribution in [3.8, 4) is 0 Å². The van der Waals surface area contributed by atoms with Gasteiger partial charge in [0, 0.05) is 12.5 Å². The predicted octanol–water partition coefficient (Wildman–Crippen LogP) is 3.08. The van der Waals surface area contributed by atoms with E-state index in [1.54, 1.807) is 0 Å². The lowest BCUT2D eigenvalue weighted by molar-refractivity contribution is -0.136. The van der Waals surface area contributed by atoms with Gasteiger partial charge in [-0.15, -0.1) is 0 Å². The number of piperidine rings is 1. The minimum absolute atomic E-state index is 0.283. The fraction of sp³-hybridized carbons (Fsp3) is 0.947. The van der Waals surface area contributed by atoms with Crippen LogP contribution in [0.4, 0.5) is 0 Å². The molecule has 1 saturated heterocycles. The van der Waals surface area contributed by atoms with Gasteiger partial charge < -0.3 is 11.1 Å². The number of hydrogen-bond donors (Lipinski definition) is 2. The second-order valence-corrected chi connectivity index (χ2v) is 9.13. The molecule has 22 heavy (non-hydrogen) atoms. The molecule has 4 rings (SSSR count). The number of rotatable bonds is 1. The van der Waals surface area contributed by atoms with Crippen molar-refractivity contribution < 1.29 is 4.79 Å². The quantitative estimate of drug-likeness (QED) is 0.782. The van der Waals surface area contributed by atoms with Gasteiger partial charge in [0.1, 0.15) is 0 Å². The molecule has 0 bridgehead atoms. The molecular weight excluding hydrogens is 272 g/mol. The Morgan fingerprint density at radius 3 is 2.59 bits per heavy atom. The van der Waals surface area contributed by atoms with Crippen LogP contribution in [0.15, 0.2) is 0 Å². The maximum absolute atomic E-state index is 11.8. The van der Waals surface area contributed by atoms with Crippen LogP contribution in [0.2, 0.25) is 0 Å². The zero-order chi connectivity index (χ0) is 15.5. The molecular formula is C19H32N2O. The third-order valence-corrected chi connectivity index (χ3v) is 8.58. The van der Waals surface area contributed by atoms with Crippen LogP contribution in [0.25, 0.3) is 0 Å². The second-order valence-electron chi connectivity index (χ2n) is 9.13. The SMILES string of the molecule is C[C@]12CCC(=O)N[C@@H]1CC[C@@H]1[C@@H]2CC[C@]2(C)C(CN)CC[C@@H]12. The second kappa shape index (κ2) is 4.96. The van der Waals surface area contributed by atoms with Gasteiger partial charge in [-0.2, -0.15) is 0 Å². The molecule has 4 fully saturated rings. The Morgan fingerprint density at radius 2 is 1.82 bits per heavy atom. The number of amides is 1. The van der Waals surface area contributed by atoms with Gasteiger partial charge in [-0.3, -0.25) is 4.79 Å². The predicted molar refractivity (Wildman–Crippen MR) is 88.1 cm³/mol. The number of carbonyl (C=O) groups is 1. The lowest BCUT2D eigenvalue weighted by Gasteiger charge is -2.60. The first-order chi connectivity index (χ1) is 10.5. The van der Waals surface area contributed by atoms with Crippen molar-refractivity contribution >= 4 is 5.91 Å². The minimum atomic E-state index is 0.283. The topological polar surface area (TPSA) is 55.1 Å². The Labute approximate surface area is 134 Å². The van der Waals surface area contributed by atoms with Gasteiger partial charge in [-0.25, -0.2) is 0 Å². The van der Waals surface area contributed by atoms with E-state index >= 15 is 0 Å². The maximum Gasteiger partial charge on any atom is 0.220 e. The van der Waals surface area contributed by atoms with Crippen LogP contribution < -0.4 is 11.1 Å². The van der Waals surface area contributed by atoms with E-state index in [2.05, 4.69) is 19.2 Å².